The first-order chi connectivity index (χ1) is 15.6. The van der Waals surface area contributed by atoms with Crippen LogP contribution in [-0.4, -0.2) is 61.0 Å². The average molecular weight is 442 g/mol. The summed E-state index contributed by atoms with van der Waals surface area (Å²) in [5, 5.41) is 13.9. The molecule has 176 valence electrons. The summed E-state index contributed by atoms with van der Waals surface area (Å²) in [5.74, 6) is 1.36. The number of aliphatic hydroxyl groups excluding tert-OH is 1. The van der Waals surface area contributed by atoms with Crippen molar-refractivity contribution in [3.05, 3.63) is 53.3 Å². The molecule has 1 heterocycles. The normalized spacial score (nSPS) is 15.7. The summed E-state index contributed by atoms with van der Waals surface area (Å²) in [4.78, 5) is 6.72. The minimum atomic E-state index is -0.525. The number of rotatable bonds is 12. The number of nitrogens with zero attached hydrogens (tertiary/aromatic N) is 2. The fraction of sp³-hybridized carbons (Fsp3) is 0.577. The van der Waals surface area contributed by atoms with Gasteiger partial charge in [0.15, 0.2) is 11.5 Å². The van der Waals surface area contributed by atoms with Crippen LogP contribution in [0.1, 0.15) is 48.9 Å². The molecular formula is C26H39N3O3. The average Bonchev–Trinajstić information content (AvgIpc) is 2.82. The van der Waals surface area contributed by atoms with E-state index in [9.17, 15) is 5.11 Å². The molecule has 0 unspecified atom stereocenters. The monoisotopic (exact) mass is 441 g/mol. The zero-order valence-corrected chi connectivity index (χ0v) is 19.8. The van der Waals surface area contributed by atoms with Crippen LogP contribution < -0.4 is 14.8 Å². The zero-order chi connectivity index (χ0) is 22.8. The molecule has 2 N–H and O–H groups in total. The molecule has 0 amide bonds. The Morgan fingerprint density at radius 2 is 2.00 bits per heavy atom. The lowest BCUT2D eigenvalue weighted by atomic mass is 9.94. The number of aromatic nitrogens is 1. The highest BCUT2D eigenvalue weighted by atomic mass is 16.5. The summed E-state index contributed by atoms with van der Waals surface area (Å²) in [6.07, 6.45) is 8.61. The van der Waals surface area contributed by atoms with Crippen LogP contribution in [0, 0.1) is 6.92 Å². The maximum Gasteiger partial charge on any atom is 0.161 e. The van der Waals surface area contributed by atoms with Crippen molar-refractivity contribution in [2.75, 3.05) is 33.9 Å². The molecule has 1 aromatic heterocycles. The van der Waals surface area contributed by atoms with Gasteiger partial charge in [-0.05, 0) is 56.1 Å². The fourth-order valence-electron chi connectivity index (χ4n) is 4.40. The second-order valence-electron chi connectivity index (χ2n) is 8.88. The van der Waals surface area contributed by atoms with Crippen molar-refractivity contribution in [2.45, 2.75) is 64.1 Å². The van der Waals surface area contributed by atoms with Gasteiger partial charge in [-0.2, -0.15) is 0 Å². The van der Waals surface area contributed by atoms with Gasteiger partial charge < -0.3 is 24.8 Å². The number of likely N-dealkylation sites (N-methyl/N-ethyl adjacent to an activating group) is 1. The van der Waals surface area contributed by atoms with E-state index in [1.54, 1.807) is 7.11 Å². The lowest BCUT2D eigenvalue weighted by Gasteiger charge is -2.32. The van der Waals surface area contributed by atoms with Gasteiger partial charge in [0.05, 0.1) is 7.11 Å². The van der Waals surface area contributed by atoms with Gasteiger partial charge in [-0.3, -0.25) is 4.98 Å². The lowest BCUT2D eigenvalue weighted by molar-refractivity contribution is 0.0553. The van der Waals surface area contributed by atoms with Crippen LogP contribution in [0.15, 0.2) is 36.5 Å². The summed E-state index contributed by atoms with van der Waals surface area (Å²) in [7, 11) is 3.76. The van der Waals surface area contributed by atoms with E-state index in [0.29, 0.717) is 24.1 Å². The largest absolute Gasteiger partial charge is 0.493 e. The Morgan fingerprint density at radius 3 is 2.75 bits per heavy atom. The third kappa shape index (κ3) is 7.47. The van der Waals surface area contributed by atoms with Crippen molar-refractivity contribution in [3.63, 3.8) is 0 Å². The molecule has 0 saturated heterocycles. The van der Waals surface area contributed by atoms with Crippen LogP contribution in [0.2, 0.25) is 0 Å². The molecule has 6 heteroatoms. The Bertz CT molecular complexity index is 824. The van der Waals surface area contributed by atoms with Crippen LogP contribution in [0.25, 0.3) is 0 Å². The molecule has 1 fully saturated rings. The highest BCUT2D eigenvalue weighted by molar-refractivity contribution is 5.43. The number of benzene rings is 1. The summed E-state index contributed by atoms with van der Waals surface area (Å²) in [5.41, 5.74) is 3.49. The summed E-state index contributed by atoms with van der Waals surface area (Å²) in [6.45, 7) is 4.59. The molecule has 1 atom stereocenters. The molecule has 32 heavy (non-hydrogen) atoms. The number of nitrogens with one attached hydrogen (secondary N) is 1. The van der Waals surface area contributed by atoms with Crippen molar-refractivity contribution in [1.29, 1.82) is 0 Å². The molecule has 0 radical (unpaired) electrons. The number of hydrogen-bond donors (Lipinski definition) is 2. The molecule has 1 saturated carbocycles. The van der Waals surface area contributed by atoms with Crippen LogP contribution in [-0.2, 0) is 13.0 Å². The SMILES string of the molecule is COc1cc(CNCCc2ncccc2C)ccc1OC[C@H](O)CN(C)C1CCCCC1. The van der Waals surface area contributed by atoms with E-state index < -0.39 is 6.10 Å². The minimum absolute atomic E-state index is 0.258. The van der Waals surface area contributed by atoms with Crippen molar-refractivity contribution in [1.82, 2.24) is 15.2 Å². The summed E-state index contributed by atoms with van der Waals surface area (Å²) < 4.78 is 11.4. The third-order valence-corrected chi connectivity index (χ3v) is 6.34. The van der Waals surface area contributed by atoms with E-state index in [1.807, 2.05) is 30.5 Å². The molecule has 1 aliphatic rings. The first-order valence-corrected chi connectivity index (χ1v) is 11.9. The van der Waals surface area contributed by atoms with Crippen molar-refractivity contribution < 1.29 is 14.6 Å². The summed E-state index contributed by atoms with van der Waals surface area (Å²) in [6, 6.07) is 10.6. The highest BCUT2D eigenvalue weighted by Crippen LogP contribution is 2.28. The molecular weight excluding hydrogens is 402 g/mol. The van der Waals surface area contributed by atoms with Crippen molar-refractivity contribution in [3.8, 4) is 11.5 Å². The molecule has 1 aromatic carbocycles. The van der Waals surface area contributed by atoms with Gasteiger partial charge in [0.25, 0.3) is 0 Å². The molecule has 6 nitrogen and oxygen atoms in total. The number of pyridine rings is 1. The zero-order valence-electron chi connectivity index (χ0n) is 19.8. The van der Waals surface area contributed by atoms with E-state index >= 15 is 0 Å². The van der Waals surface area contributed by atoms with Crippen LogP contribution >= 0.6 is 0 Å². The van der Waals surface area contributed by atoms with Crippen molar-refractivity contribution >= 4 is 0 Å². The first-order valence-electron chi connectivity index (χ1n) is 11.9. The number of aliphatic hydroxyl groups is 1. The fourth-order valence-corrected chi connectivity index (χ4v) is 4.40. The quantitative estimate of drug-likeness (QED) is 0.489. The van der Waals surface area contributed by atoms with Gasteiger partial charge in [-0.1, -0.05) is 31.4 Å². The van der Waals surface area contributed by atoms with E-state index in [0.717, 1.165) is 30.8 Å². The smallest absolute Gasteiger partial charge is 0.161 e. The Morgan fingerprint density at radius 1 is 1.19 bits per heavy atom. The van der Waals surface area contributed by atoms with Gasteiger partial charge >= 0.3 is 0 Å². The maximum atomic E-state index is 10.5. The number of methoxy groups -OCH3 is 1. The van der Waals surface area contributed by atoms with Crippen molar-refractivity contribution in [2.24, 2.45) is 0 Å². The van der Waals surface area contributed by atoms with Crippen LogP contribution in [0.3, 0.4) is 0 Å². The molecule has 1 aliphatic carbocycles. The Kier molecular flexibility index (Phi) is 9.78. The van der Waals surface area contributed by atoms with Gasteiger partial charge in [-0.15, -0.1) is 0 Å². The van der Waals surface area contributed by atoms with E-state index in [2.05, 4.69) is 35.2 Å². The van der Waals surface area contributed by atoms with E-state index in [4.69, 9.17) is 9.47 Å². The van der Waals surface area contributed by atoms with Gasteiger partial charge in [0.1, 0.15) is 12.7 Å². The topological polar surface area (TPSA) is 66.8 Å². The summed E-state index contributed by atoms with van der Waals surface area (Å²) >= 11 is 0. The Labute approximate surface area is 193 Å². The van der Waals surface area contributed by atoms with Gasteiger partial charge in [0, 0.05) is 44.0 Å². The second-order valence-corrected chi connectivity index (χ2v) is 8.88. The van der Waals surface area contributed by atoms with E-state index in [-0.39, 0.29) is 6.61 Å². The number of ether oxygens (including phenoxy) is 2. The highest BCUT2D eigenvalue weighted by Gasteiger charge is 2.20. The molecule has 0 aliphatic heterocycles. The number of aryl methyl sites for hydroxylation is 1. The third-order valence-electron chi connectivity index (χ3n) is 6.34. The molecule has 0 bridgehead atoms. The first kappa shape index (κ1) is 24.5. The molecule has 3 rings (SSSR count). The maximum absolute atomic E-state index is 10.5. The minimum Gasteiger partial charge on any atom is -0.493 e. The Hall–Kier alpha value is -2.15. The molecule has 2 aromatic rings. The predicted molar refractivity (Wildman–Crippen MR) is 128 cm³/mol. The van der Waals surface area contributed by atoms with Gasteiger partial charge in [0.2, 0.25) is 0 Å². The Balaban J connectivity index is 1.43. The van der Waals surface area contributed by atoms with E-state index in [1.165, 1.54) is 37.7 Å². The standard InChI is InChI=1S/C26H39N3O3/c1-20-8-7-14-28-24(20)13-15-27-17-21-11-12-25(26(16-21)31-3)32-19-23(30)18-29(2)22-9-5-4-6-10-22/h7-8,11-12,14,16,22-23,27,30H,4-6,9-10,13,15,17-19H2,1-3H3/t23-/m1/s1. The second kappa shape index (κ2) is 12.8. The number of hydrogen-bond acceptors (Lipinski definition) is 6. The predicted octanol–water partition coefficient (Wildman–Crippen LogP) is 3.74. The lowest BCUT2D eigenvalue weighted by Crippen LogP contribution is -2.40. The van der Waals surface area contributed by atoms with Gasteiger partial charge in [-0.25, -0.2) is 0 Å². The van der Waals surface area contributed by atoms with Crippen LogP contribution in [0.5, 0.6) is 11.5 Å². The molecule has 0 spiro atoms. The van der Waals surface area contributed by atoms with Crippen LogP contribution in [0.4, 0.5) is 0 Å².